The van der Waals surface area contributed by atoms with Crippen LogP contribution >= 0.6 is 0 Å². The third-order valence-electron chi connectivity index (χ3n) is 4.41. The Labute approximate surface area is 151 Å². The van der Waals surface area contributed by atoms with Gasteiger partial charge in [0.25, 0.3) is 5.56 Å². The fraction of sp³-hybridized carbons (Fsp3) is 0.105. The van der Waals surface area contributed by atoms with E-state index in [1.807, 2.05) is 0 Å². The van der Waals surface area contributed by atoms with Gasteiger partial charge in [-0.3, -0.25) is 14.3 Å². The van der Waals surface area contributed by atoms with Gasteiger partial charge in [-0.05, 0) is 23.8 Å². The van der Waals surface area contributed by atoms with E-state index in [0.29, 0.717) is 11.1 Å². The first kappa shape index (κ1) is 16.8. The molecular formula is C19H13FN2O5. The quantitative estimate of drug-likeness (QED) is 0.685. The number of hydrogen-bond acceptors (Lipinski definition) is 5. The minimum absolute atomic E-state index is 0.100. The van der Waals surface area contributed by atoms with Crippen LogP contribution in [0.25, 0.3) is 0 Å². The van der Waals surface area contributed by atoms with Crippen LogP contribution in [0.4, 0.5) is 4.39 Å². The average Bonchev–Trinajstić information content (AvgIpc) is 2.97. The Morgan fingerprint density at radius 1 is 1.07 bits per heavy atom. The number of ether oxygens (including phenoxy) is 1. The lowest BCUT2D eigenvalue weighted by molar-refractivity contribution is 0.0448. The molecule has 0 amide bonds. The van der Waals surface area contributed by atoms with Gasteiger partial charge in [-0.2, -0.15) is 0 Å². The second-order valence-electron chi connectivity index (χ2n) is 6.08. The van der Waals surface area contributed by atoms with Crippen LogP contribution in [0.1, 0.15) is 33.2 Å². The first-order chi connectivity index (χ1) is 13.0. The Hall–Kier alpha value is -3.68. The smallest absolute Gasteiger partial charge is 0.339 e. The number of benzene rings is 2. The molecule has 0 saturated carbocycles. The molecule has 1 aliphatic heterocycles. The largest absolute Gasteiger partial charge is 0.494 e. The van der Waals surface area contributed by atoms with Gasteiger partial charge in [0.15, 0.2) is 6.10 Å². The summed E-state index contributed by atoms with van der Waals surface area (Å²) < 4.78 is 19.3. The van der Waals surface area contributed by atoms with Gasteiger partial charge in [0, 0.05) is 5.56 Å². The number of H-pyrrole nitrogens is 1. The summed E-state index contributed by atoms with van der Waals surface area (Å²) in [6.45, 7) is -0.100. The lowest BCUT2D eigenvalue weighted by Gasteiger charge is -2.15. The number of carbonyl (C=O) groups is 1. The Morgan fingerprint density at radius 2 is 1.78 bits per heavy atom. The molecule has 4 rings (SSSR count). The van der Waals surface area contributed by atoms with E-state index in [1.165, 1.54) is 24.3 Å². The Kier molecular flexibility index (Phi) is 3.88. The highest BCUT2D eigenvalue weighted by Gasteiger charge is 2.36. The van der Waals surface area contributed by atoms with E-state index in [4.69, 9.17) is 4.74 Å². The second kappa shape index (κ2) is 6.24. The molecule has 0 spiro atoms. The molecule has 1 atom stereocenters. The number of rotatable bonds is 3. The van der Waals surface area contributed by atoms with E-state index in [-0.39, 0.29) is 17.7 Å². The number of fused-ring (bicyclic) bond motifs is 1. The number of aromatic nitrogens is 2. The van der Waals surface area contributed by atoms with Crippen LogP contribution in [0.3, 0.4) is 0 Å². The Balaban J connectivity index is 1.83. The fourth-order valence-corrected chi connectivity index (χ4v) is 3.09. The summed E-state index contributed by atoms with van der Waals surface area (Å²) in [6, 6.07) is 11.8. The number of halogens is 1. The van der Waals surface area contributed by atoms with Crippen molar-refractivity contribution in [2.75, 3.05) is 0 Å². The molecule has 2 heterocycles. The number of cyclic esters (lactones) is 1. The van der Waals surface area contributed by atoms with Gasteiger partial charge in [-0.15, -0.1) is 0 Å². The molecule has 0 aliphatic carbocycles. The standard InChI is InChI=1S/C19H13FN2O5/c20-11-7-5-10(6-8-11)9-22-17(24)14(16(23)21-19(22)26)15-12-3-1-2-4-13(12)18(25)27-15/h1-8,15,24H,9H2,(H,21,23,26)/t15-/m0/s1. The number of carbonyl (C=O) groups excluding carboxylic acids is 1. The molecule has 8 heteroatoms. The third kappa shape index (κ3) is 2.80. The van der Waals surface area contributed by atoms with Gasteiger partial charge < -0.3 is 9.84 Å². The van der Waals surface area contributed by atoms with Gasteiger partial charge >= 0.3 is 11.7 Å². The average molecular weight is 368 g/mol. The maximum absolute atomic E-state index is 13.1. The Bertz CT molecular complexity index is 1160. The number of hydrogen-bond donors (Lipinski definition) is 2. The maximum Gasteiger partial charge on any atom is 0.339 e. The molecule has 0 fully saturated rings. The van der Waals surface area contributed by atoms with Crippen LogP contribution in [-0.4, -0.2) is 20.6 Å². The van der Waals surface area contributed by atoms with Crippen molar-refractivity contribution in [3.63, 3.8) is 0 Å². The minimum Gasteiger partial charge on any atom is -0.494 e. The summed E-state index contributed by atoms with van der Waals surface area (Å²) in [4.78, 5) is 38.7. The number of aromatic amines is 1. The van der Waals surface area contributed by atoms with Crippen molar-refractivity contribution in [3.8, 4) is 5.88 Å². The van der Waals surface area contributed by atoms with E-state index >= 15 is 0 Å². The normalized spacial score (nSPS) is 15.4. The molecular weight excluding hydrogens is 355 g/mol. The van der Waals surface area contributed by atoms with E-state index in [2.05, 4.69) is 4.98 Å². The second-order valence-corrected chi connectivity index (χ2v) is 6.08. The predicted molar refractivity (Wildman–Crippen MR) is 92.2 cm³/mol. The summed E-state index contributed by atoms with van der Waals surface area (Å²) in [6.07, 6.45) is -1.13. The predicted octanol–water partition coefficient (Wildman–Crippen LogP) is 1.69. The maximum atomic E-state index is 13.1. The van der Waals surface area contributed by atoms with Gasteiger partial charge in [-0.25, -0.2) is 14.0 Å². The third-order valence-corrected chi connectivity index (χ3v) is 4.41. The molecule has 2 aromatic carbocycles. The van der Waals surface area contributed by atoms with E-state index in [1.54, 1.807) is 24.3 Å². The highest BCUT2D eigenvalue weighted by Crippen LogP contribution is 2.37. The molecule has 3 aromatic rings. The van der Waals surface area contributed by atoms with Gasteiger partial charge in [0.05, 0.1) is 12.1 Å². The van der Waals surface area contributed by atoms with Crippen molar-refractivity contribution < 1.29 is 19.0 Å². The molecule has 0 radical (unpaired) electrons. The van der Waals surface area contributed by atoms with Crippen molar-refractivity contribution in [1.29, 1.82) is 0 Å². The molecule has 27 heavy (non-hydrogen) atoms. The highest BCUT2D eigenvalue weighted by atomic mass is 19.1. The van der Waals surface area contributed by atoms with Crippen molar-refractivity contribution in [2.45, 2.75) is 12.6 Å². The van der Waals surface area contributed by atoms with Gasteiger partial charge in [-0.1, -0.05) is 30.3 Å². The first-order valence-electron chi connectivity index (χ1n) is 8.06. The van der Waals surface area contributed by atoms with E-state index in [9.17, 15) is 23.9 Å². The van der Waals surface area contributed by atoms with E-state index in [0.717, 1.165) is 4.57 Å². The zero-order valence-electron chi connectivity index (χ0n) is 13.8. The number of nitrogens with zero attached hydrogens (tertiary/aromatic N) is 1. The van der Waals surface area contributed by atoms with Crippen LogP contribution in [-0.2, 0) is 11.3 Å². The minimum atomic E-state index is -1.13. The van der Waals surface area contributed by atoms with Crippen LogP contribution in [0.2, 0.25) is 0 Å². The zero-order valence-corrected chi connectivity index (χ0v) is 13.8. The van der Waals surface area contributed by atoms with Crippen LogP contribution in [0, 0.1) is 5.82 Å². The lowest BCUT2D eigenvalue weighted by atomic mass is 10.0. The van der Waals surface area contributed by atoms with Crippen LogP contribution in [0.5, 0.6) is 5.88 Å². The summed E-state index contributed by atoms with van der Waals surface area (Å²) >= 11 is 0. The van der Waals surface area contributed by atoms with Crippen molar-refractivity contribution in [2.24, 2.45) is 0 Å². The molecule has 0 bridgehead atoms. The number of aromatic hydroxyl groups is 1. The summed E-state index contributed by atoms with van der Waals surface area (Å²) in [5.41, 5.74) is -0.663. The number of esters is 1. The van der Waals surface area contributed by atoms with Gasteiger partial charge in [0.2, 0.25) is 5.88 Å². The van der Waals surface area contributed by atoms with Crippen molar-refractivity contribution in [3.05, 3.63) is 97.4 Å². The highest BCUT2D eigenvalue weighted by molar-refractivity contribution is 5.94. The fourth-order valence-electron chi connectivity index (χ4n) is 3.09. The first-order valence-corrected chi connectivity index (χ1v) is 8.06. The molecule has 7 nitrogen and oxygen atoms in total. The number of nitrogens with one attached hydrogen (secondary N) is 1. The zero-order chi connectivity index (χ0) is 19.1. The molecule has 0 unspecified atom stereocenters. The van der Waals surface area contributed by atoms with Crippen LogP contribution in [0.15, 0.2) is 58.1 Å². The van der Waals surface area contributed by atoms with Crippen molar-refractivity contribution >= 4 is 5.97 Å². The SMILES string of the molecule is O=C1O[C@H](c2c(O)n(Cc3ccc(F)cc3)c(=O)[nH]c2=O)c2ccccc21. The molecule has 0 saturated heterocycles. The molecule has 1 aromatic heterocycles. The molecule has 2 N–H and O–H groups in total. The summed E-state index contributed by atoms with van der Waals surface area (Å²) in [5.74, 6) is -1.67. The van der Waals surface area contributed by atoms with E-state index < -0.39 is 35.0 Å². The van der Waals surface area contributed by atoms with Crippen LogP contribution < -0.4 is 11.2 Å². The molecule has 136 valence electrons. The van der Waals surface area contributed by atoms with Gasteiger partial charge in [0.1, 0.15) is 11.4 Å². The summed E-state index contributed by atoms with van der Waals surface area (Å²) in [7, 11) is 0. The van der Waals surface area contributed by atoms with Crippen molar-refractivity contribution in [1.82, 2.24) is 9.55 Å². The summed E-state index contributed by atoms with van der Waals surface area (Å²) in [5, 5.41) is 10.6. The lowest BCUT2D eigenvalue weighted by Crippen LogP contribution is -2.33. The molecule has 1 aliphatic rings. The Morgan fingerprint density at radius 3 is 2.52 bits per heavy atom. The topological polar surface area (TPSA) is 101 Å². The monoisotopic (exact) mass is 368 g/mol.